The van der Waals surface area contributed by atoms with Gasteiger partial charge in [-0.3, -0.25) is 0 Å². The van der Waals surface area contributed by atoms with E-state index in [4.69, 9.17) is 4.74 Å². The van der Waals surface area contributed by atoms with Gasteiger partial charge in [-0.05, 0) is 50.5 Å². The van der Waals surface area contributed by atoms with E-state index in [0.29, 0.717) is 0 Å². The first-order chi connectivity index (χ1) is 8.04. The smallest absolute Gasteiger partial charge is 0.122 e. The van der Waals surface area contributed by atoms with Gasteiger partial charge in [0.15, 0.2) is 0 Å². The highest BCUT2D eigenvalue weighted by atomic mass is 16.5. The van der Waals surface area contributed by atoms with Gasteiger partial charge >= 0.3 is 0 Å². The monoisotopic (exact) mass is 230 g/mol. The molecule has 1 heterocycles. The van der Waals surface area contributed by atoms with Crippen molar-refractivity contribution in [2.75, 3.05) is 7.11 Å². The highest BCUT2D eigenvalue weighted by Crippen LogP contribution is 2.33. The van der Waals surface area contributed by atoms with Crippen LogP contribution in [0.4, 0.5) is 0 Å². The number of aromatic amines is 1. The van der Waals surface area contributed by atoms with Gasteiger partial charge in [-0.1, -0.05) is 0 Å². The lowest BCUT2D eigenvalue weighted by Crippen LogP contribution is -1.96. The molecule has 1 aromatic heterocycles. The maximum absolute atomic E-state index is 5.38. The van der Waals surface area contributed by atoms with E-state index in [9.17, 15) is 0 Å². The zero-order chi connectivity index (χ0) is 12.6. The summed E-state index contributed by atoms with van der Waals surface area (Å²) in [5, 5.41) is 0. The maximum Gasteiger partial charge on any atom is 0.122 e. The summed E-state index contributed by atoms with van der Waals surface area (Å²) in [6.45, 7) is 8.27. The SMILES string of the molecule is COc1cc(C)c(-c2cnc(C)[nH]2)c(C)c1C. The molecule has 0 saturated carbocycles. The van der Waals surface area contributed by atoms with Gasteiger partial charge in [0.2, 0.25) is 0 Å². The summed E-state index contributed by atoms with van der Waals surface area (Å²) in [5.41, 5.74) is 5.92. The molecular weight excluding hydrogens is 212 g/mol. The number of rotatable bonds is 2. The molecule has 2 aromatic rings. The summed E-state index contributed by atoms with van der Waals surface area (Å²) in [7, 11) is 1.71. The third-order valence-corrected chi connectivity index (χ3v) is 3.24. The number of benzene rings is 1. The molecule has 0 spiro atoms. The molecule has 2 rings (SSSR count). The first-order valence-electron chi connectivity index (χ1n) is 5.71. The van der Waals surface area contributed by atoms with Crippen molar-refractivity contribution in [2.45, 2.75) is 27.7 Å². The molecule has 90 valence electrons. The third-order valence-electron chi connectivity index (χ3n) is 3.24. The second-order valence-corrected chi connectivity index (χ2v) is 4.40. The zero-order valence-electron chi connectivity index (χ0n) is 11.0. The molecule has 0 aliphatic heterocycles. The minimum Gasteiger partial charge on any atom is -0.496 e. The molecule has 0 saturated heterocycles. The summed E-state index contributed by atoms with van der Waals surface area (Å²) < 4.78 is 5.38. The number of methoxy groups -OCH3 is 1. The Morgan fingerprint density at radius 3 is 2.35 bits per heavy atom. The molecule has 0 bridgehead atoms. The van der Waals surface area contributed by atoms with E-state index in [1.54, 1.807) is 7.11 Å². The summed E-state index contributed by atoms with van der Waals surface area (Å²) in [6.07, 6.45) is 1.89. The molecule has 0 aliphatic carbocycles. The molecular formula is C14H18N2O. The molecule has 0 radical (unpaired) electrons. The van der Waals surface area contributed by atoms with Crippen LogP contribution in [0.15, 0.2) is 12.3 Å². The van der Waals surface area contributed by atoms with Crippen molar-refractivity contribution in [3.05, 3.63) is 34.8 Å². The van der Waals surface area contributed by atoms with E-state index in [-0.39, 0.29) is 0 Å². The Bertz CT molecular complexity index is 556. The van der Waals surface area contributed by atoms with Crippen LogP contribution in [0.25, 0.3) is 11.3 Å². The van der Waals surface area contributed by atoms with Crippen molar-refractivity contribution in [1.82, 2.24) is 9.97 Å². The van der Waals surface area contributed by atoms with Crippen LogP contribution in [-0.4, -0.2) is 17.1 Å². The van der Waals surface area contributed by atoms with Crippen LogP contribution >= 0.6 is 0 Å². The van der Waals surface area contributed by atoms with Gasteiger partial charge in [-0.25, -0.2) is 4.98 Å². The molecule has 0 aliphatic rings. The zero-order valence-corrected chi connectivity index (χ0v) is 11.0. The van der Waals surface area contributed by atoms with Crippen molar-refractivity contribution < 1.29 is 4.74 Å². The number of ether oxygens (including phenoxy) is 1. The number of hydrogen-bond acceptors (Lipinski definition) is 2. The van der Waals surface area contributed by atoms with Gasteiger partial charge in [-0.15, -0.1) is 0 Å². The number of aromatic nitrogens is 2. The molecule has 3 heteroatoms. The lowest BCUT2D eigenvalue weighted by molar-refractivity contribution is 0.411. The summed E-state index contributed by atoms with van der Waals surface area (Å²) >= 11 is 0. The van der Waals surface area contributed by atoms with Gasteiger partial charge in [0.25, 0.3) is 0 Å². The van der Waals surface area contributed by atoms with Gasteiger partial charge in [0.1, 0.15) is 11.6 Å². The number of imidazole rings is 1. The van der Waals surface area contributed by atoms with Crippen molar-refractivity contribution in [3.63, 3.8) is 0 Å². The summed E-state index contributed by atoms with van der Waals surface area (Å²) in [5.74, 6) is 1.88. The second kappa shape index (κ2) is 4.24. The Morgan fingerprint density at radius 1 is 1.12 bits per heavy atom. The Hall–Kier alpha value is -1.77. The fourth-order valence-corrected chi connectivity index (χ4v) is 2.22. The molecule has 0 fully saturated rings. The van der Waals surface area contributed by atoms with Crippen molar-refractivity contribution in [1.29, 1.82) is 0 Å². The average Bonchev–Trinajstić information content (AvgIpc) is 2.70. The van der Waals surface area contributed by atoms with Crippen LogP contribution in [0.3, 0.4) is 0 Å². The van der Waals surface area contributed by atoms with Gasteiger partial charge in [0, 0.05) is 5.56 Å². The summed E-state index contributed by atoms with van der Waals surface area (Å²) in [6, 6.07) is 2.08. The molecule has 1 aromatic carbocycles. The number of hydrogen-bond donors (Lipinski definition) is 1. The number of H-pyrrole nitrogens is 1. The van der Waals surface area contributed by atoms with E-state index in [1.807, 2.05) is 13.1 Å². The van der Waals surface area contributed by atoms with Crippen molar-refractivity contribution in [3.8, 4) is 17.0 Å². The fraction of sp³-hybridized carbons (Fsp3) is 0.357. The molecule has 1 N–H and O–H groups in total. The Balaban J connectivity index is 2.66. The lowest BCUT2D eigenvalue weighted by atomic mass is 9.95. The highest BCUT2D eigenvalue weighted by Gasteiger charge is 2.13. The van der Waals surface area contributed by atoms with Crippen LogP contribution in [0.5, 0.6) is 5.75 Å². The van der Waals surface area contributed by atoms with Gasteiger partial charge in [-0.2, -0.15) is 0 Å². The normalized spacial score (nSPS) is 10.6. The molecule has 17 heavy (non-hydrogen) atoms. The van der Waals surface area contributed by atoms with Crippen molar-refractivity contribution in [2.24, 2.45) is 0 Å². The predicted molar refractivity (Wildman–Crippen MR) is 69.5 cm³/mol. The van der Waals surface area contributed by atoms with Gasteiger partial charge in [0.05, 0.1) is 19.0 Å². The minimum atomic E-state index is 0.937. The first kappa shape index (κ1) is 11.7. The Morgan fingerprint density at radius 2 is 1.82 bits per heavy atom. The number of nitrogens with one attached hydrogen (secondary N) is 1. The Labute approximate surface area is 102 Å². The third kappa shape index (κ3) is 1.93. The van der Waals surface area contributed by atoms with Crippen LogP contribution in [0, 0.1) is 27.7 Å². The van der Waals surface area contributed by atoms with Crippen LogP contribution in [-0.2, 0) is 0 Å². The molecule has 0 amide bonds. The fourth-order valence-electron chi connectivity index (χ4n) is 2.22. The second-order valence-electron chi connectivity index (χ2n) is 4.40. The molecule has 3 nitrogen and oxygen atoms in total. The number of nitrogens with zero attached hydrogens (tertiary/aromatic N) is 1. The van der Waals surface area contributed by atoms with Crippen molar-refractivity contribution >= 4 is 0 Å². The largest absolute Gasteiger partial charge is 0.496 e. The standard InChI is InChI=1S/C14H18N2O/c1-8-6-13(17-5)9(2)10(3)14(8)12-7-15-11(4)16-12/h6-7H,1-5H3,(H,15,16). The van der Waals surface area contributed by atoms with E-state index in [2.05, 4.69) is 36.8 Å². The quantitative estimate of drug-likeness (QED) is 0.859. The van der Waals surface area contributed by atoms with Crippen LogP contribution in [0.1, 0.15) is 22.5 Å². The highest BCUT2D eigenvalue weighted by molar-refractivity contribution is 5.70. The first-order valence-corrected chi connectivity index (χ1v) is 5.71. The van der Waals surface area contributed by atoms with E-state index in [0.717, 1.165) is 17.3 Å². The molecule has 0 unspecified atom stereocenters. The maximum atomic E-state index is 5.38. The van der Waals surface area contributed by atoms with E-state index in [1.165, 1.54) is 22.3 Å². The van der Waals surface area contributed by atoms with E-state index < -0.39 is 0 Å². The lowest BCUT2D eigenvalue weighted by Gasteiger charge is -2.14. The predicted octanol–water partition coefficient (Wildman–Crippen LogP) is 3.32. The summed E-state index contributed by atoms with van der Waals surface area (Å²) in [4.78, 5) is 7.55. The van der Waals surface area contributed by atoms with Crippen LogP contribution < -0.4 is 4.74 Å². The van der Waals surface area contributed by atoms with Crippen LogP contribution in [0.2, 0.25) is 0 Å². The minimum absolute atomic E-state index is 0.937. The number of aryl methyl sites for hydroxylation is 2. The Kier molecular flexibility index (Phi) is 2.92. The van der Waals surface area contributed by atoms with E-state index >= 15 is 0 Å². The van der Waals surface area contributed by atoms with Gasteiger partial charge < -0.3 is 9.72 Å². The molecule has 0 atom stereocenters. The average molecular weight is 230 g/mol. The topological polar surface area (TPSA) is 37.9 Å².